The van der Waals surface area contributed by atoms with Crippen LogP contribution in [-0.4, -0.2) is 28.4 Å². The Labute approximate surface area is 98.8 Å². The van der Waals surface area contributed by atoms with Crippen LogP contribution in [-0.2, 0) is 0 Å². The minimum Gasteiger partial charge on any atom is -0.490 e. The summed E-state index contributed by atoms with van der Waals surface area (Å²) < 4.78 is 11.0. The Balaban J connectivity index is 2.55. The molecule has 0 aliphatic heterocycles. The normalized spacial score (nSPS) is 10.5. The van der Waals surface area contributed by atoms with Crippen molar-refractivity contribution in [3.05, 3.63) is 12.1 Å². The molecule has 0 radical (unpaired) electrons. The summed E-state index contributed by atoms with van der Waals surface area (Å²) in [7, 11) is 0. The van der Waals surface area contributed by atoms with E-state index >= 15 is 0 Å². The molecule has 0 aliphatic rings. The molecular formula is C11H14N4O2. The lowest BCUT2D eigenvalue weighted by Gasteiger charge is -2.11. The van der Waals surface area contributed by atoms with E-state index in [4.69, 9.17) is 15.2 Å². The number of nitrogen functional groups attached to an aromatic ring is 1. The average Bonchev–Trinajstić information content (AvgIpc) is 2.31. The van der Waals surface area contributed by atoms with Gasteiger partial charge in [0, 0.05) is 12.1 Å². The molecule has 2 aromatic rings. The monoisotopic (exact) mass is 234 g/mol. The summed E-state index contributed by atoms with van der Waals surface area (Å²) in [6, 6.07) is 3.51. The van der Waals surface area contributed by atoms with Crippen molar-refractivity contribution >= 4 is 17.0 Å². The molecule has 0 fully saturated rings. The lowest BCUT2D eigenvalue weighted by atomic mass is 10.2. The molecule has 2 N–H and O–H groups in total. The molecule has 1 heterocycles. The Bertz CT molecular complexity index is 530. The summed E-state index contributed by atoms with van der Waals surface area (Å²) in [4.78, 5) is 4.09. The van der Waals surface area contributed by atoms with E-state index in [1.165, 1.54) is 0 Å². The SMILES string of the molecule is CCOc1cc2nnc(N)nc2cc1OCC. The van der Waals surface area contributed by atoms with Crippen molar-refractivity contribution in [3.8, 4) is 11.5 Å². The van der Waals surface area contributed by atoms with E-state index in [0.717, 1.165) is 0 Å². The molecular weight excluding hydrogens is 220 g/mol. The molecule has 90 valence electrons. The first kappa shape index (κ1) is 11.4. The molecule has 0 bridgehead atoms. The zero-order chi connectivity index (χ0) is 12.3. The third-order valence-electron chi connectivity index (χ3n) is 2.14. The minimum atomic E-state index is 0.143. The van der Waals surface area contributed by atoms with E-state index < -0.39 is 0 Å². The average molecular weight is 234 g/mol. The maximum absolute atomic E-state index is 5.49. The van der Waals surface area contributed by atoms with Crippen LogP contribution in [0.25, 0.3) is 11.0 Å². The van der Waals surface area contributed by atoms with E-state index in [1.54, 1.807) is 12.1 Å². The van der Waals surface area contributed by atoms with Crippen LogP contribution in [0.2, 0.25) is 0 Å². The Morgan fingerprint density at radius 3 is 2.18 bits per heavy atom. The molecule has 0 saturated carbocycles. The van der Waals surface area contributed by atoms with Gasteiger partial charge in [-0.2, -0.15) is 0 Å². The van der Waals surface area contributed by atoms with Gasteiger partial charge >= 0.3 is 0 Å². The van der Waals surface area contributed by atoms with Crippen molar-refractivity contribution in [2.75, 3.05) is 18.9 Å². The number of fused-ring (bicyclic) bond motifs is 1. The second-order valence-corrected chi connectivity index (χ2v) is 3.32. The van der Waals surface area contributed by atoms with Crippen LogP contribution >= 0.6 is 0 Å². The highest BCUT2D eigenvalue weighted by atomic mass is 16.5. The summed E-state index contributed by atoms with van der Waals surface area (Å²) >= 11 is 0. The Morgan fingerprint density at radius 2 is 1.59 bits per heavy atom. The van der Waals surface area contributed by atoms with Crippen LogP contribution in [0.1, 0.15) is 13.8 Å². The van der Waals surface area contributed by atoms with Gasteiger partial charge in [0.25, 0.3) is 0 Å². The number of anilines is 1. The molecule has 6 heteroatoms. The third kappa shape index (κ3) is 2.35. The highest BCUT2D eigenvalue weighted by molar-refractivity contribution is 5.79. The molecule has 0 saturated heterocycles. The molecule has 0 spiro atoms. The van der Waals surface area contributed by atoms with Crippen molar-refractivity contribution in [1.82, 2.24) is 15.2 Å². The van der Waals surface area contributed by atoms with Gasteiger partial charge in [-0.05, 0) is 13.8 Å². The molecule has 0 atom stereocenters. The molecule has 1 aromatic heterocycles. The lowest BCUT2D eigenvalue weighted by Crippen LogP contribution is -2.01. The van der Waals surface area contributed by atoms with Crippen LogP contribution in [0, 0.1) is 0 Å². The fourth-order valence-electron chi connectivity index (χ4n) is 1.50. The first-order chi connectivity index (χ1) is 8.24. The van der Waals surface area contributed by atoms with Gasteiger partial charge in [0.05, 0.1) is 18.7 Å². The first-order valence-corrected chi connectivity index (χ1v) is 5.44. The second-order valence-electron chi connectivity index (χ2n) is 3.32. The summed E-state index contributed by atoms with van der Waals surface area (Å²) in [5, 5.41) is 7.66. The summed E-state index contributed by atoms with van der Waals surface area (Å²) in [6.45, 7) is 4.93. The van der Waals surface area contributed by atoms with Crippen molar-refractivity contribution in [3.63, 3.8) is 0 Å². The van der Waals surface area contributed by atoms with Crippen molar-refractivity contribution in [2.45, 2.75) is 13.8 Å². The maximum atomic E-state index is 5.49. The fraction of sp³-hybridized carbons (Fsp3) is 0.364. The largest absolute Gasteiger partial charge is 0.490 e. The molecule has 0 aliphatic carbocycles. The van der Waals surface area contributed by atoms with Gasteiger partial charge in [-0.3, -0.25) is 0 Å². The van der Waals surface area contributed by atoms with Crippen LogP contribution in [0.5, 0.6) is 11.5 Å². The summed E-state index contributed by atoms with van der Waals surface area (Å²) in [6.07, 6.45) is 0. The van der Waals surface area contributed by atoms with Crippen molar-refractivity contribution < 1.29 is 9.47 Å². The van der Waals surface area contributed by atoms with Crippen LogP contribution in [0.15, 0.2) is 12.1 Å². The molecule has 2 rings (SSSR count). The molecule has 6 nitrogen and oxygen atoms in total. The Hall–Kier alpha value is -2.11. The van der Waals surface area contributed by atoms with Gasteiger partial charge < -0.3 is 15.2 Å². The topological polar surface area (TPSA) is 83.2 Å². The number of hydrogen-bond acceptors (Lipinski definition) is 6. The smallest absolute Gasteiger partial charge is 0.240 e. The van der Waals surface area contributed by atoms with Crippen molar-refractivity contribution in [2.24, 2.45) is 0 Å². The zero-order valence-corrected chi connectivity index (χ0v) is 9.80. The minimum absolute atomic E-state index is 0.143. The summed E-state index contributed by atoms with van der Waals surface area (Å²) in [5.41, 5.74) is 6.76. The van der Waals surface area contributed by atoms with Gasteiger partial charge in [-0.15, -0.1) is 10.2 Å². The van der Waals surface area contributed by atoms with Gasteiger partial charge in [0.2, 0.25) is 5.95 Å². The zero-order valence-electron chi connectivity index (χ0n) is 9.80. The number of nitrogens with zero attached hydrogens (tertiary/aromatic N) is 3. The fourth-order valence-corrected chi connectivity index (χ4v) is 1.50. The maximum Gasteiger partial charge on any atom is 0.240 e. The van der Waals surface area contributed by atoms with Crippen LogP contribution < -0.4 is 15.2 Å². The Morgan fingerprint density at radius 1 is 1.00 bits per heavy atom. The Kier molecular flexibility index (Phi) is 3.22. The number of rotatable bonds is 4. The highest BCUT2D eigenvalue weighted by Gasteiger charge is 2.09. The molecule has 17 heavy (non-hydrogen) atoms. The van der Waals surface area contributed by atoms with Crippen LogP contribution in [0.3, 0.4) is 0 Å². The predicted octanol–water partition coefficient (Wildman–Crippen LogP) is 1.40. The standard InChI is InChI=1S/C11H14N4O2/c1-3-16-9-5-7-8(6-10(9)17-4-2)14-15-11(12)13-7/h5-6H,3-4H2,1-2H3,(H2,12,13,15). The van der Waals surface area contributed by atoms with Crippen molar-refractivity contribution in [1.29, 1.82) is 0 Å². The molecule has 0 unspecified atom stereocenters. The highest BCUT2D eigenvalue weighted by Crippen LogP contribution is 2.31. The molecule has 0 amide bonds. The van der Waals surface area contributed by atoms with E-state index in [1.807, 2.05) is 13.8 Å². The number of ether oxygens (including phenoxy) is 2. The van der Waals surface area contributed by atoms with E-state index in [0.29, 0.717) is 35.7 Å². The van der Waals surface area contributed by atoms with E-state index in [2.05, 4.69) is 15.2 Å². The predicted molar refractivity (Wildman–Crippen MR) is 64.1 cm³/mol. The van der Waals surface area contributed by atoms with Gasteiger partial charge in [0.1, 0.15) is 5.52 Å². The third-order valence-corrected chi connectivity index (χ3v) is 2.14. The van der Waals surface area contributed by atoms with Gasteiger partial charge in [0.15, 0.2) is 11.5 Å². The van der Waals surface area contributed by atoms with E-state index in [9.17, 15) is 0 Å². The number of benzene rings is 1. The summed E-state index contributed by atoms with van der Waals surface area (Å²) in [5.74, 6) is 1.42. The quantitative estimate of drug-likeness (QED) is 0.861. The van der Waals surface area contributed by atoms with E-state index in [-0.39, 0.29) is 5.95 Å². The lowest BCUT2D eigenvalue weighted by molar-refractivity contribution is 0.288. The van der Waals surface area contributed by atoms with Gasteiger partial charge in [-0.1, -0.05) is 0 Å². The first-order valence-electron chi connectivity index (χ1n) is 5.44. The molecule has 1 aromatic carbocycles. The van der Waals surface area contributed by atoms with Gasteiger partial charge in [-0.25, -0.2) is 4.98 Å². The van der Waals surface area contributed by atoms with Crippen LogP contribution in [0.4, 0.5) is 5.95 Å². The second kappa shape index (κ2) is 4.82. The number of hydrogen-bond donors (Lipinski definition) is 1. The number of nitrogens with two attached hydrogens (primary N) is 1. The number of aromatic nitrogens is 3.